The third-order valence-electron chi connectivity index (χ3n) is 2.79. The minimum atomic E-state index is -0.273. The number of carbonyl (C=O) groups is 1. The molecule has 102 valence electrons. The van der Waals surface area contributed by atoms with Crippen LogP contribution in [0.25, 0.3) is 10.1 Å². The first-order valence-electron chi connectivity index (χ1n) is 6.21. The zero-order valence-electron chi connectivity index (χ0n) is 10.6. The van der Waals surface area contributed by atoms with Crippen molar-refractivity contribution < 1.29 is 9.18 Å². The minimum Gasteiger partial charge on any atom is -0.350 e. The van der Waals surface area contributed by atoms with Crippen molar-refractivity contribution in [1.82, 2.24) is 5.32 Å². The fourth-order valence-electron chi connectivity index (χ4n) is 1.82. The fourth-order valence-corrected chi connectivity index (χ4v) is 3.45. The minimum absolute atomic E-state index is 0.0952. The standard InChI is InChI=1S/C14H15BrFNOS/c1-2-3-10(15)8-17-14(18)13-6-9-4-5-11(16)7-12(9)19-13/h4-7,10H,2-3,8H2,1H3,(H,17,18). The highest BCUT2D eigenvalue weighted by atomic mass is 79.9. The van der Waals surface area contributed by atoms with Gasteiger partial charge in [0.25, 0.3) is 5.91 Å². The molecule has 1 atom stereocenters. The smallest absolute Gasteiger partial charge is 0.261 e. The Balaban J connectivity index is 2.05. The highest BCUT2D eigenvalue weighted by molar-refractivity contribution is 9.09. The summed E-state index contributed by atoms with van der Waals surface area (Å²) in [5, 5.41) is 3.79. The van der Waals surface area contributed by atoms with Gasteiger partial charge in [0.1, 0.15) is 5.82 Å². The van der Waals surface area contributed by atoms with Gasteiger partial charge in [-0.05, 0) is 30.0 Å². The molecule has 0 saturated heterocycles. The summed E-state index contributed by atoms with van der Waals surface area (Å²) in [5.74, 6) is -0.369. The summed E-state index contributed by atoms with van der Waals surface area (Å²) >= 11 is 4.84. The lowest BCUT2D eigenvalue weighted by molar-refractivity contribution is 0.0958. The Morgan fingerprint density at radius 1 is 1.47 bits per heavy atom. The molecule has 0 radical (unpaired) electrons. The number of halogens is 2. The van der Waals surface area contributed by atoms with Gasteiger partial charge >= 0.3 is 0 Å². The van der Waals surface area contributed by atoms with Gasteiger partial charge in [0.2, 0.25) is 0 Å². The van der Waals surface area contributed by atoms with Crippen LogP contribution < -0.4 is 5.32 Å². The van der Waals surface area contributed by atoms with Crippen molar-refractivity contribution in [1.29, 1.82) is 0 Å². The van der Waals surface area contributed by atoms with Gasteiger partial charge in [0.15, 0.2) is 0 Å². The first-order chi connectivity index (χ1) is 9.10. The third-order valence-corrected chi connectivity index (χ3v) is 4.67. The van der Waals surface area contributed by atoms with Crippen LogP contribution in [0.15, 0.2) is 24.3 Å². The van der Waals surface area contributed by atoms with Crippen molar-refractivity contribution in [2.45, 2.75) is 24.6 Å². The first-order valence-corrected chi connectivity index (χ1v) is 7.94. The number of amides is 1. The number of benzene rings is 1. The van der Waals surface area contributed by atoms with Crippen LogP contribution in [-0.4, -0.2) is 17.3 Å². The van der Waals surface area contributed by atoms with Crippen molar-refractivity contribution in [3.05, 3.63) is 35.0 Å². The predicted octanol–water partition coefficient (Wildman–Crippen LogP) is 4.33. The van der Waals surface area contributed by atoms with Crippen LogP contribution in [0.1, 0.15) is 29.4 Å². The van der Waals surface area contributed by atoms with Crippen LogP contribution >= 0.6 is 27.3 Å². The van der Waals surface area contributed by atoms with Crippen molar-refractivity contribution >= 4 is 43.3 Å². The van der Waals surface area contributed by atoms with Gasteiger partial charge in [0, 0.05) is 16.1 Å². The zero-order chi connectivity index (χ0) is 13.8. The number of hydrogen-bond donors (Lipinski definition) is 1. The quantitative estimate of drug-likeness (QED) is 0.804. The molecule has 19 heavy (non-hydrogen) atoms. The van der Waals surface area contributed by atoms with E-state index < -0.39 is 0 Å². The summed E-state index contributed by atoms with van der Waals surface area (Å²) in [5.41, 5.74) is 0. The molecule has 2 aromatic rings. The van der Waals surface area contributed by atoms with Gasteiger partial charge in [-0.1, -0.05) is 35.3 Å². The molecule has 2 nitrogen and oxygen atoms in total. The fraction of sp³-hybridized carbons (Fsp3) is 0.357. The van der Waals surface area contributed by atoms with Crippen LogP contribution in [0.2, 0.25) is 0 Å². The molecule has 0 saturated carbocycles. The Bertz CT molecular complexity index is 584. The van der Waals surface area contributed by atoms with E-state index in [1.807, 2.05) is 0 Å². The molecule has 1 aromatic heterocycles. The molecule has 0 aliphatic rings. The summed E-state index contributed by atoms with van der Waals surface area (Å²) in [6, 6.07) is 6.37. The Morgan fingerprint density at radius 3 is 3.00 bits per heavy atom. The third kappa shape index (κ3) is 3.76. The molecule has 1 amide bonds. The molecule has 2 rings (SSSR count). The number of thiophene rings is 1. The topological polar surface area (TPSA) is 29.1 Å². The Hall–Kier alpha value is -0.940. The lowest BCUT2D eigenvalue weighted by atomic mass is 10.2. The van der Waals surface area contributed by atoms with Crippen molar-refractivity contribution in [3.8, 4) is 0 Å². The van der Waals surface area contributed by atoms with Crippen LogP contribution in [0.3, 0.4) is 0 Å². The Kier molecular flexibility index (Phi) is 4.93. The van der Waals surface area contributed by atoms with Crippen LogP contribution in [-0.2, 0) is 0 Å². The summed E-state index contributed by atoms with van der Waals surface area (Å²) in [6.07, 6.45) is 2.10. The highest BCUT2D eigenvalue weighted by Crippen LogP contribution is 2.26. The van der Waals surface area contributed by atoms with Crippen molar-refractivity contribution in [2.75, 3.05) is 6.54 Å². The van der Waals surface area contributed by atoms with Crippen molar-refractivity contribution in [2.24, 2.45) is 0 Å². The van der Waals surface area contributed by atoms with E-state index in [1.54, 1.807) is 12.1 Å². The summed E-state index contributed by atoms with van der Waals surface area (Å²) in [4.78, 5) is 12.9. The largest absolute Gasteiger partial charge is 0.350 e. The van der Waals surface area contributed by atoms with Crippen LogP contribution in [0, 0.1) is 5.82 Å². The van der Waals surface area contributed by atoms with Gasteiger partial charge in [0.05, 0.1) is 4.88 Å². The molecule has 1 aromatic carbocycles. The van der Waals surface area contributed by atoms with Gasteiger partial charge in [-0.15, -0.1) is 11.3 Å². The lowest BCUT2D eigenvalue weighted by Crippen LogP contribution is -2.28. The normalized spacial score (nSPS) is 12.6. The number of fused-ring (bicyclic) bond motifs is 1. The maximum atomic E-state index is 13.1. The van der Waals surface area contributed by atoms with Gasteiger partial charge < -0.3 is 5.32 Å². The Morgan fingerprint density at radius 2 is 2.26 bits per heavy atom. The van der Waals surface area contributed by atoms with E-state index in [4.69, 9.17) is 0 Å². The van der Waals surface area contributed by atoms with Crippen LogP contribution in [0.4, 0.5) is 4.39 Å². The van der Waals surface area contributed by atoms with E-state index in [-0.39, 0.29) is 11.7 Å². The molecule has 1 N–H and O–H groups in total. The van der Waals surface area contributed by atoms with E-state index in [2.05, 4.69) is 28.2 Å². The zero-order valence-corrected chi connectivity index (χ0v) is 13.0. The molecule has 0 aliphatic heterocycles. The second-order valence-electron chi connectivity index (χ2n) is 4.39. The second-order valence-corrected chi connectivity index (χ2v) is 6.77. The summed E-state index contributed by atoms with van der Waals surface area (Å²) < 4.78 is 13.9. The molecular weight excluding hydrogens is 329 g/mol. The summed E-state index contributed by atoms with van der Waals surface area (Å²) in [6.45, 7) is 2.71. The molecule has 0 bridgehead atoms. The molecule has 0 aliphatic carbocycles. The average molecular weight is 344 g/mol. The SMILES string of the molecule is CCCC(Br)CNC(=O)c1cc2ccc(F)cc2s1. The van der Waals surface area contributed by atoms with E-state index in [9.17, 15) is 9.18 Å². The van der Waals surface area contributed by atoms with Crippen molar-refractivity contribution in [3.63, 3.8) is 0 Å². The molecule has 1 unspecified atom stereocenters. The van der Waals surface area contributed by atoms with E-state index >= 15 is 0 Å². The Labute approximate surface area is 124 Å². The number of rotatable bonds is 5. The number of carbonyl (C=O) groups excluding carboxylic acids is 1. The predicted molar refractivity (Wildman–Crippen MR) is 81.7 cm³/mol. The lowest BCUT2D eigenvalue weighted by Gasteiger charge is -2.08. The highest BCUT2D eigenvalue weighted by Gasteiger charge is 2.12. The maximum Gasteiger partial charge on any atom is 0.261 e. The maximum absolute atomic E-state index is 13.1. The average Bonchev–Trinajstić information content (AvgIpc) is 2.79. The van der Waals surface area contributed by atoms with Crippen LogP contribution in [0.5, 0.6) is 0 Å². The van der Waals surface area contributed by atoms with E-state index in [0.717, 1.165) is 22.9 Å². The molecular formula is C14H15BrFNOS. The van der Waals surface area contributed by atoms with Gasteiger partial charge in [-0.3, -0.25) is 4.79 Å². The number of hydrogen-bond acceptors (Lipinski definition) is 2. The monoisotopic (exact) mass is 343 g/mol. The molecule has 5 heteroatoms. The van der Waals surface area contributed by atoms with E-state index in [1.165, 1.54) is 23.5 Å². The number of nitrogens with one attached hydrogen (secondary N) is 1. The van der Waals surface area contributed by atoms with Gasteiger partial charge in [-0.25, -0.2) is 4.39 Å². The second kappa shape index (κ2) is 6.48. The molecule has 0 spiro atoms. The molecule has 1 heterocycles. The number of alkyl halides is 1. The molecule has 0 fully saturated rings. The van der Waals surface area contributed by atoms with E-state index in [0.29, 0.717) is 16.2 Å². The first kappa shape index (κ1) is 14.5. The van der Waals surface area contributed by atoms with Gasteiger partial charge in [-0.2, -0.15) is 0 Å². The summed E-state index contributed by atoms with van der Waals surface area (Å²) in [7, 11) is 0.